The fraction of sp³-hybridized carbons (Fsp3) is 0.292. The molecule has 0 radical (unpaired) electrons. The molecule has 128 valence electrons. The molecular weight excluding hydrogens is 302 g/mol. The highest BCUT2D eigenvalue weighted by Crippen LogP contribution is 2.33. The molecule has 0 spiro atoms. The predicted molar refractivity (Wildman–Crippen MR) is 108 cm³/mol. The molecule has 3 rings (SSSR count). The van der Waals surface area contributed by atoms with Gasteiger partial charge in [0.25, 0.3) is 0 Å². The third-order valence-electron chi connectivity index (χ3n) is 4.63. The van der Waals surface area contributed by atoms with E-state index in [1.54, 1.807) is 0 Å². The van der Waals surface area contributed by atoms with Crippen molar-refractivity contribution in [2.24, 2.45) is 5.92 Å². The molecule has 25 heavy (non-hydrogen) atoms. The lowest BCUT2D eigenvalue weighted by molar-refractivity contribution is 0.648. The van der Waals surface area contributed by atoms with Crippen LogP contribution in [0.3, 0.4) is 0 Å². The van der Waals surface area contributed by atoms with Gasteiger partial charge in [0.15, 0.2) is 0 Å². The van der Waals surface area contributed by atoms with E-state index in [9.17, 15) is 0 Å². The van der Waals surface area contributed by atoms with Crippen LogP contribution in [0, 0.1) is 26.7 Å². The first-order chi connectivity index (χ1) is 12.0. The largest absolute Gasteiger partial charge is 0.256 e. The van der Waals surface area contributed by atoms with E-state index < -0.39 is 0 Å². The third kappa shape index (κ3) is 3.82. The highest BCUT2D eigenvalue weighted by Gasteiger charge is 2.14. The summed E-state index contributed by atoms with van der Waals surface area (Å²) in [4.78, 5) is 4.80. The lowest BCUT2D eigenvalue weighted by atomic mass is 9.88. The van der Waals surface area contributed by atoms with Crippen LogP contribution in [-0.2, 0) is 6.42 Å². The zero-order chi connectivity index (χ0) is 18.0. The second-order valence-electron chi connectivity index (χ2n) is 7.46. The molecule has 0 aliphatic carbocycles. The highest BCUT2D eigenvalue weighted by atomic mass is 14.7. The van der Waals surface area contributed by atoms with Gasteiger partial charge in [-0.3, -0.25) is 4.98 Å². The summed E-state index contributed by atoms with van der Waals surface area (Å²) in [6.45, 7) is 11.1. The molecule has 1 heterocycles. The minimum Gasteiger partial charge on any atom is -0.256 e. The van der Waals surface area contributed by atoms with Crippen molar-refractivity contribution in [3.8, 4) is 22.4 Å². The molecule has 0 bridgehead atoms. The molecule has 0 fully saturated rings. The van der Waals surface area contributed by atoms with E-state index >= 15 is 0 Å². The van der Waals surface area contributed by atoms with E-state index in [0.717, 1.165) is 12.1 Å². The Hall–Kier alpha value is -2.41. The molecule has 2 aromatic carbocycles. The van der Waals surface area contributed by atoms with Crippen LogP contribution in [-0.4, -0.2) is 4.98 Å². The number of aromatic nitrogens is 1. The van der Waals surface area contributed by atoms with Gasteiger partial charge in [-0.1, -0.05) is 61.9 Å². The molecule has 0 unspecified atom stereocenters. The van der Waals surface area contributed by atoms with Crippen molar-refractivity contribution in [2.45, 2.75) is 41.0 Å². The Balaban J connectivity index is 2.17. The van der Waals surface area contributed by atoms with Gasteiger partial charge in [-0.2, -0.15) is 0 Å². The average molecular weight is 329 g/mol. The molecule has 1 heteroatoms. The van der Waals surface area contributed by atoms with Crippen LogP contribution in [0.15, 0.2) is 54.7 Å². The first-order valence-electron chi connectivity index (χ1n) is 9.08. The molecule has 0 aliphatic heterocycles. The zero-order valence-electron chi connectivity index (χ0n) is 15.9. The number of hydrogen-bond acceptors (Lipinski definition) is 1. The lowest BCUT2D eigenvalue weighted by Gasteiger charge is -2.18. The van der Waals surface area contributed by atoms with Gasteiger partial charge in [-0.05, 0) is 61.4 Å². The third-order valence-corrected chi connectivity index (χ3v) is 4.63. The first-order valence-corrected chi connectivity index (χ1v) is 9.08. The number of rotatable bonds is 4. The molecule has 0 aliphatic rings. The van der Waals surface area contributed by atoms with Gasteiger partial charge >= 0.3 is 0 Å². The topological polar surface area (TPSA) is 12.9 Å². The zero-order valence-corrected chi connectivity index (χ0v) is 15.9. The minimum absolute atomic E-state index is 0.607. The molecular formula is C24H27N. The van der Waals surface area contributed by atoms with E-state index in [2.05, 4.69) is 83.3 Å². The molecule has 0 saturated heterocycles. The van der Waals surface area contributed by atoms with Gasteiger partial charge in [-0.15, -0.1) is 0 Å². The van der Waals surface area contributed by atoms with Crippen molar-refractivity contribution >= 4 is 0 Å². The van der Waals surface area contributed by atoms with Crippen LogP contribution in [0.4, 0.5) is 0 Å². The standard InChI is InChI=1S/C24H27N/c1-16(2)11-21-14-23(20-9-7-6-8-10-20)25-15-22(21)24-18(4)12-17(3)13-19(24)5/h6-10,12-16H,11H2,1-5H3. The Labute approximate surface area is 151 Å². The summed E-state index contributed by atoms with van der Waals surface area (Å²) in [7, 11) is 0. The van der Waals surface area contributed by atoms with E-state index in [1.165, 1.54) is 38.9 Å². The van der Waals surface area contributed by atoms with Crippen molar-refractivity contribution in [1.82, 2.24) is 4.98 Å². The lowest BCUT2D eigenvalue weighted by Crippen LogP contribution is -2.01. The van der Waals surface area contributed by atoms with Gasteiger partial charge in [-0.25, -0.2) is 0 Å². The van der Waals surface area contributed by atoms with Crippen molar-refractivity contribution in [2.75, 3.05) is 0 Å². The van der Waals surface area contributed by atoms with Crippen LogP contribution >= 0.6 is 0 Å². The average Bonchev–Trinajstić information content (AvgIpc) is 2.55. The van der Waals surface area contributed by atoms with Crippen molar-refractivity contribution in [3.05, 3.63) is 77.0 Å². The van der Waals surface area contributed by atoms with Crippen LogP contribution in [0.2, 0.25) is 0 Å². The molecule has 0 N–H and O–H groups in total. The number of hydrogen-bond donors (Lipinski definition) is 0. The Kier molecular flexibility index (Phi) is 5.03. The summed E-state index contributed by atoms with van der Waals surface area (Å²) in [6, 6.07) is 17.3. The van der Waals surface area contributed by atoms with Crippen molar-refractivity contribution in [1.29, 1.82) is 0 Å². The smallest absolute Gasteiger partial charge is 0.0705 e. The summed E-state index contributed by atoms with van der Waals surface area (Å²) in [5.41, 5.74) is 10.2. The molecule has 0 atom stereocenters. The van der Waals surface area contributed by atoms with Gasteiger partial charge < -0.3 is 0 Å². The Morgan fingerprint density at radius 2 is 1.52 bits per heavy atom. The Morgan fingerprint density at radius 3 is 2.12 bits per heavy atom. The summed E-state index contributed by atoms with van der Waals surface area (Å²) in [5.74, 6) is 0.607. The molecule has 0 amide bonds. The van der Waals surface area contributed by atoms with Crippen LogP contribution in [0.25, 0.3) is 22.4 Å². The summed E-state index contributed by atoms with van der Waals surface area (Å²) in [5, 5.41) is 0. The normalized spacial score (nSPS) is 11.1. The van der Waals surface area contributed by atoms with E-state index in [-0.39, 0.29) is 0 Å². The molecule has 0 saturated carbocycles. The van der Waals surface area contributed by atoms with Crippen molar-refractivity contribution < 1.29 is 0 Å². The van der Waals surface area contributed by atoms with Crippen LogP contribution in [0.5, 0.6) is 0 Å². The molecule has 1 nitrogen and oxygen atoms in total. The summed E-state index contributed by atoms with van der Waals surface area (Å²) in [6.07, 6.45) is 3.13. The maximum Gasteiger partial charge on any atom is 0.0705 e. The van der Waals surface area contributed by atoms with Gasteiger partial charge in [0.05, 0.1) is 5.69 Å². The number of pyridine rings is 1. The van der Waals surface area contributed by atoms with Crippen LogP contribution < -0.4 is 0 Å². The van der Waals surface area contributed by atoms with Gasteiger partial charge in [0, 0.05) is 17.3 Å². The predicted octanol–water partition coefficient (Wildman–Crippen LogP) is 6.54. The van der Waals surface area contributed by atoms with Crippen molar-refractivity contribution in [3.63, 3.8) is 0 Å². The fourth-order valence-corrected chi connectivity index (χ4v) is 3.70. The minimum atomic E-state index is 0.607. The maximum absolute atomic E-state index is 4.80. The van der Waals surface area contributed by atoms with E-state index in [4.69, 9.17) is 4.98 Å². The monoisotopic (exact) mass is 329 g/mol. The fourth-order valence-electron chi connectivity index (χ4n) is 3.70. The number of benzene rings is 2. The second kappa shape index (κ2) is 7.23. The number of nitrogens with zero attached hydrogens (tertiary/aromatic N) is 1. The maximum atomic E-state index is 4.80. The summed E-state index contributed by atoms with van der Waals surface area (Å²) >= 11 is 0. The SMILES string of the molecule is Cc1cc(C)c(-c2cnc(-c3ccccc3)cc2CC(C)C)c(C)c1. The van der Waals surface area contributed by atoms with Crippen LogP contribution in [0.1, 0.15) is 36.1 Å². The summed E-state index contributed by atoms with van der Waals surface area (Å²) < 4.78 is 0. The quantitative estimate of drug-likeness (QED) is 0.529. The second-order valence-corrected chi connectivity index (χ2v) is 7.46. The Bertz CT molecular complexity index is 853. The van der Waals surface area contributed by atoms with Gasteiger partial charge in [0.1, 0.15) is 0 Å². The number of aryl methyl sites for hydroxylation is 3. The van der Waals surface area contributed by atoms with Gasteiger partial charge in [0.2, 0.25) is 0 Å². The Morgan fingerprint density at radius 1 is 0.880 bits per heavy atom. The van der Waals surface area contributed by atoms with E-state index in [1.807, 2.05) is 6.07 Å². The first kappa shape index (κ1) is 17.4. The molecule has 1 aromatic heterocycles. The molecule has 3 aromatic rings. The van der Waals surface area contributed by atoms with E-state index in [0.29, 0.717) is 5.92 Å². The highest BCUT2D eigenvalue weighted by molar-refractivity contribution is 5.75.